The highest BCUT2D eigenvalue weighted by Crippen LogP contribution is 2.50. The van der Waals surface area contributed by atoms with Gasteiger partial charge in [0.25, 0.3) is 5.91 Å². The van der Waals surface area contributed by atoms with E-state index in [1.54, 1.807) is 16.3 Å². The molecule has 0 radical (unpaired) electrons. The number of benzene rings is 1. The number of carbonyl (C=O) groups excluding carboxylic acids is 1. The summed E-state index contributed by atoms with van der Waals surface area (Å²) in [7, 11) is -3.36. The number of hydrogen-bond acceptors (Lipinski definition) is 7. The molecule has 4 heterocycles. The second kappa shape index (κ2) is 6.50. The molecule has 150 valence electrons. The monoisotopic (exact) mass is 429 g/mol. The van der Waals surface area contributed by atoms with Crippen LogP contribution in [0.3, 0.4) is 0 Å². The van der Waals surface area contributed by atoms with Crippen molar-refractivity contribution in [2.75, 3.05) is 18.8 Å². The summed E-state index contributed by atoms with van der Waals surface area (Å²) >= 11 is 1.44. The zero-order valence-corrected chi connectivity index (χ0v) is 17.4. The molecule has 2 aromatic heterocycles. The van der Waals surface area contributed by atoms with Crippen LogP contribution in [0.4, 0.5) is 0 Å². The lowest BCUT2D eigenvalue weighted by Crippen LogP contribution is -2.67. The van der Waals surface area contributed by atoms with Gasteiger partial charge in [-0.3, -0.25) is 4.79 Å². The van der Waals surface area contributed by atoms with Crippen LogP contribution in [-0.2, 0) is 9.84 Å². The molecule has 0 N–H and O–H groups in total. The molecule has 0 aliphatic carbocycles. The smallest absolute Gasteiger partial charge is 0.254 e. The summed E-state index contributed by atoms with van der Waals surface area (Å²) in [5.41, 5.74) is 2.50. The van der Waals surface area contributed by atoms with Crippen LogP contribution in [0.15, 0.2) is 45.6 Å². The fourth-order valence-electron chi connectivity index (χ4n) is 4.31. The molecule has 0 saturated carbocycles. The standard InChI is InChI=1S/C20H19N3O4S2/c1-13-3-2-4-14(9-13)17-21-18(27-22-17)16-6-8-29(25,26)20(16)11-23(12-20)19(24)15-5-7-28-10-15/h2-5,7,9-10,16H,6,8,11-12H2,1H3. The van der Waals surface area contributed by atoms with Gasteiger partial charge in [-0.15, -0.1) is 0 Å². The van der Waals surface area contributed by atoms with Gasteiger partial charge in [0.2, 0.25) is 11.7 Å². The minimum atomic E-state index is -3.36. The molecule has 29 heavy (non-hydrogen) atoms. The predicted molar refractivity (Wildman–Crippen MR) is 109 cm³/mol. The van der Waals surface area contributed by atoms with Gasteiger partial charge in [0, 0.05) is 24.0 Å². The van der Waals surface area contributed by atoms with Gasteiger partial charge in [-0.2, -0.15) is 16.3 Å². The number of amides is 1. The van der Waals surface area contributed by atoms with Gasteiger partial charge in [0.05, 0.1) is 17.2 Å². The summed E-state index contributed by atoms with van der Waals surface area (Å²) in [5, 5.41) is 7.69. The van der Waals surface area contributed by atoms with Crippen LogP contribution in [0.2, 0.25) is 0 Å². The molecule has 5 rings (SSSR count). The number of thiophene rings is 1. The van der Waals surface area contributed by atoms with E-state index in [1.807, 2.05) is 36.6 Å². The summed E-state index contributed by atoms with van der Waals surface area (Å²) in [4.78, 5) is 18.7. The Hall–Kier alpha value is -2.52. The molecule has 1 aromatic carbocycles. The van der Waals surface area contributed by atoms with Crippen molar-refractivity contribution in [1.82, 2.24) is 15.0 Å². The van der Waals surface area contributed by atoms with Gasteiger partial charge in [-0.25, -0.2) is 8.42 Å². The summed E-state index contributed by atoms with van der Waals surface area (Å²) in [6.45, 7) is 2.31. The Balaban J connectivity index is 1.43. The van der Waals surface area contributed by atoms with Crippen molar-refractivity contribution in [3.05, 3.63) is 58.1 Å². The highest BCUT2D eigenvalue weighted by Gasteiger charge is 2.64. The second-order valence-electron chi connectivity index (χ2n) is 7.72. The Morgan fingerprint density at radius 3 is 2.86 bits per heavy atom. The molecule has 7 nitrogen and oxygen atoms in total. The van der Waals surface area contributed by atoms with Crippen LogP contribution >= 0.6 is 11.3 Å². The zero-order valence-electron chi connectivity index (χ0n) is 15.7. The molecular weight excluding hydrogens is 410 g/mol. The number of rotatable bonds is 3. The van der Waals surface area contributed by atoms with E-state index in [-0.39, 0.29) is 24.7 Å². The third-order valence-corrected chi connectivity index (χ3v) is 9.16. The maximum Gasteiger partial charge on any atom is 0.254 e. The molecule has 2 aliphatic rings. The van der Waals surface area contributed by atoms with Crippen molar-refractivity contribution in [2.45, 2.75) is 24.0 Å². The van der Waals surface area contributed by atoms with Crippen molar-refractivity contribution < 1.29 is 17.7 Å². The van der Waals surface area contributed by atoms with E-state index in [9.17, 15) is 13.2 Å². The summed E-state index contributed by atoms with van der Waals surface area (Å²) in [6, 6.07) is 9.51. The number of aryl methyl sites for hydroxylation is 1. The first-order valence-corrected chi connectivity index (χ1v) is 11.9. The Morgan fingerprint density at radius 2 is 2.14 bits per heavy atom. The second-order valence-corrected chi connectivity index (χ2v) is 11.0. The number of hydrogen-bond donors (Lipinski definition) is 0. The molecule has 2 aliphatic heterocycles. The van der Waals surface area contributed by atoms with Gasteiger partial charge in [-0.1, -0.05) is 28.9 Å². The highest BCUT2D eigenvalue weighted by atomic mass is 32.2. The van der Waals surface area contributed by atoms with Crippen molar-refractivity contribution in [2.24, 2.45) is 0 Å². The van der Waals surface area contributed by atoms with E-state index in [0.29, 0.717) is 23.7 Å². The predicted octanol–water partition coefficient (Wildman–Crippen LogP) is 2.90. The van der Waals surface area contributed by atoms with Crippen LogP contribution < -0.4 is 0 Å². The largest absolute Gasteiger partial charge is 0.339 e. The van der Waals surface area contributed by atoms with Gasteiger partial charge < -0.3 is 9.42 Å². The average molecular weight is 430 g/mol. The van der Waals surface area contributed by atoms with Crippen molar-refractivity contribution in [3.63, 3.8) is 0 Å². The SMILES string of the molecule is Cc1cccc(-c2noc(C3CCS(=O)(=O)C34CN(C(=O)c3ccsc3)C4)n2)c1. The number of carbonyl (C=O) groups is 1. The van der Waals surface area contributed by atoms with Crippen LogP contribution in [0.5, 0.6) is 0 Å². The first-order valence-electron chi connectivity index (χ1n) is 9.34. The van der Waals surface area contributed by atoms with E-state index in [1.165, 1.54) is 11.3 Å². The average Bonchev–Trinajstić information content (AvgIpc) is 3.38. The third kappa shape index (κ3) is 2.83. The summed E-state index contributed by atoms with van der Waals surface area (Å²) in [6.07, 6.45) is 0.429. The van der Waals surface area contributed by atoms with Gasteiger partial charge in [0.15, 0.2) is 9.84 Å². The molecule has 1 spiro atoms. The van der Waals surface area contributed by atoms with Crippen molar-refractivity contribution in [1.29, 1.82) is 0 Å². The fourth-order valence-corrected chi connectivity index (χ4v) is 7.25. The Bertz CT molecular complexity index is 1180. The van der Waals surface area contributed by atoms with E-state index in [0.717, 1.165) is 11.1 Å². The fraction of sp³-hybridized carbons (Fsp3) is 0.350. The Labute approximate surface area is 172 Å². The van der Waals surface area contributed by atoms with E-state index >= 15 is 0 Å². The highest BCUT2D eigenvalue weighted by molar-refractivity contribution is 7.93. The van der Waals surface area contributed by atoms with Crippen LogP contribution in [0, 0.1) is 6.92 Å². The number of sulfone groups is 1. The molecule has 3 aromatic rings. The molecule has 1 unspecified atom stereocenters. The first-order chi connectivity index (χ1) is 13.9. The van der Waals surface area contributed by atoms with E-state index in [4.69, 9.17) is 4.52 Å². The van der Waals surface area contributed by atoms with Crippen LogP contribution in [0.25, 0.3) is 11.4 Å². The zero-order chi connectivity index (χ0) is 20.2. The Morgan fingerprint density at radius 1 is 1.31 bits per heavy atom. The third-order valence-electron chi connectivity index (χ3n) is 5.92. The lowest BCUT2D eigenvalue weighted by Gasteiger charge is -2.48. The normalized spacial score (nSPS) is 22.0. The number of likely N-dealkylation sites (tertiary alicyclic amines) is 1. The van der Waals surface area contributed by atoms with Gasteiger partial charge in [0.1, 0.15) is 4.75 Å². The lowest BCUT2D eigenvalue weighted by atomic mass is 9.82. The van der Waals surface area contributed by atoms with Crippen LogP contribution in [-0.4, -0.2) is 53.0 Å². The maximum absolute atomic E-state index is 12.9. The minimum absolute atomic E-state index is 0.0697. The maximum atomic E-state index is 12.9. The van der Waals surface area contributed by atoms with E-state index in [2.05, 4.69) is 10.1 Å². The number of nitrogens with zero attached hydrogens (tertiary/aromatic N) is 3. The van der Waals surface area contributed by atoms with E-state index < -0.39 is 20.5 Å². The minimum Gasteiger partial charge on any atom is -0.339 e. The molecular formula is C20H19N3O4S2. The molecule has 1 amide bonds. The van der Waals surface area contributed by atoms with Gasteiger partial charge in [-0.05, 0) is 30.9 Å². The molecule has 1 atom stereocenters. The summed E-state index contributed by atoms with van der Waals surface area (Å²) < 4.78 is 30.3. The topological polar surface area (TPSA) is 93.4 Å². The molecule has 2 saturated heterocycles. The van der Waals surface area contributed by atoms with Crippen molar-refractivity contribution >= 4 is 27.1 Å². The van der Waals surface area contributed by atoms with Crippen molar-refractivity contribution in [3.8, 4) is 11.4 Å². The summed E-state index contributed by atoms with van der Waals surface area (Å²) in [5.74, 6) is 0.327. The lowest BCUT2D eigenvalue weighted by molar-refractivity contribution is 0.0504. The van der Waals surface area contributed by atoms with Gasteiger partial charge >= 0.3 is 0 Å². The number of aromatic nitrogens is 2. The molecule has 2 fully saturated rings. The first kappa shape index (κ1) is 18.5. The Kier molecular flexibility index (Phi) is 4.15. The van der Waals surface area contributed by atoms with Crippen LogP contribution in [0.1, 0.15) is 34.2 Å². The molecule has 9 heteroatoms. The quantitative estimate of drug-likeness (QED) is 0.636. The molecule has 0 bridgehead atoms.